The summed E-state index contributed by atoms with van der Waals surface area (Å²) >= 11 is 11.7. The molecule has 1 saturated carbocycles. The van der Waals surface area contributed by atoms with Gasteiger partial charge in [0.15, 0.2) is 4.77 Å². The predicted molar refractivity (Wildman–Crippen MR) is 76.6 cm³/mol. The van der Waals surface area contributed by atoms with Gasteiger partial charge in [-0.25, -0.2) is 0 Å². The molecule has 2 aromatic heterocycles. The van der Waals surface area contributed by atoms with Crippen molar-refractivity contribution in [3.05, 3.63) is 22.2 Å². The van der Waals surface area contributed by atoms with Crippen LogP contribution in [-0.2, 0) is 0 Å². The summed E-state index contributed by atoms with van der Waals surface area (Å²) in [4.78, 5) is 7.31. The summed E-state index contributed by atoms with van der Waals surface area (Å²) in [5.74, 6) is 0.831. The van der Waals surface area contributed by atoms with E-state index in [9.17, 15) is 0 Å². The first-order valence-electron chi connectivity index (χ1n) is 6.40. The third-order valence-corrected chi connectivity index (χ3v) is 4.50. The molecule has 0 aliphatic heterocycles. The molecule has 0 saturated heterocycles. The van der Waals surface area contributed by atoms with Crippen LogP contribution in [0.15, 0.2) is 12.4 Å². The maximum atomic E-state index is 6.27. The van der Waals surface area contributed by atoms with E-state index in [1.54, 1.807) is 12.4 Å². The average molecular weight is 282 g/mol. The van der Waals surface area contributed by atoms with E-state index >= 15 is 0 Å². The smallest absolute Gasteiger partial charge is 0.178 e. The van der Waals surface area contributed by atoms with Crippen LogP contribution >= 0.6 is 23.8 Å². The summed E-state index contributed by atoms with van der Waals surface area (Å²) in [6.45, 7) is 2.32. The highest BCUT2D eigenvalue weighted by atomic mass is 35.5. The van der Waals surface area contributed by atoms with Gasteiger partial charge in [-0.1, -0.05) is 18.5 Å². The number of halogens is 1. The van der Waals surface area contributed by atoms with Crippen LogP contribution < -0.4 is 0 Å². The molecule has 1 fully saturated rings. The highest BCUT2D eigenvalue weighted by Crippen LogP contribution is 2.35. The molecular weight excluding hydrogens is 266 g/mol. The number of hydrogen-bond donors (Lipinski definition) is 1. The van der Waals surface area contributed by atoms with Crippen LogP contribution in [0.3, 0.4) is 0 Å². The van der Waals surface area contributed by atoms with Gasteiger partial charge in [-0.3, -0.25) is 4.98 Å². The molecule has 0 amide bonds. The largest absolute Gasteiger partial charge is 0.329 e. The summed E-state index contributed by atoms with van der Waals surface area (Å²) in [5.41, 5.74) is 1.95. The molecule has 96 valence electrons. The van der Waals surface area contributed by atoms with Gasteiger partial charge in [0.2, 0.25) is 0 Å². The molecule has 0 atom stereocenters. The SMILES string of the molecule is CC1CCC(n2c(=S)[nH]c3cncc(Cl)c32)CC1. The van der Waals surface area contributed by atoms with Gasteiger partial charge in [0.1, 0.15) is 0 Å². The Bertz CT molecular complexity index is 623. The summed E-state index contributed by atoms with van der Waals surface area (Å²) in [6.07, 6.45) is 8.37. The number of H-pyrrole nitrogens is 1. The molecule has 0 aromatic carbocycles. The molecule has 0 spiro atoms. The molecular formula is C13H16ClN3S. The Morgan fingerprint density at radius 3 is 2.78 bits per heavy atom. The number of hydrogen-bond acceptors (Lipinski definition) is 2. The third-order valence-electron chi connectivity index (χ3n) is 3.92. The number of nitrogens with one attached hydrogen (secondary N) is 1. The van der Waals surface area contributed by atoms with Crippen LogP contribution in [-0.4, -0.2) is 14.5 Å². The van der Waals surface area contributed by atoms with Gasteiger partial charge in [-0.15, -0.1) is 0 Å². The number of aromatic nitrogens is 3. The first-order valence-corrected chi connectivity index (χ1v) is 7.19. The number of pyridine rings is 1. The number of aromatic amines is 1. The highest BCUT2D eigenvalue weighted by Gasteiger charge is 2.22. The topological polar surface area (TPSA) is 33.6 Å². The van der Waals surface area contributed by atoms with Gasteiger partial charge >= 0.3 is 0 Å². The van der Waals surface area contributed by atoms with E-state index in [4.69, 9.17) is 23.8 Å². The van der Waals surface area contributed by atoms with Gasteiger partial charge in [0.25, 0.3) is 0 Å². The van der Waals surface area contributed by atoms with E-state index in [1.807, 2.05) is 0 Å². The van der Waals surface area contributed by atoms with Gasteiger partial charge in [-0.2, -0.15) is 0 Å². The van der Waals surface area contributed by atoms with E-state index < -0.39 is 0 Å². The number of fused-ring (bicyclic) bond motifs is 1. The Morgan fingerprint density at radius 2 is 2.06 bits per heavy atom. The first kappa shape index (κ1) is 12.2. The van der Waals surface area contributed by atoms with Crippen molar-refractivity contribution in [3.8, 4) is 0 Å². The summed E-state index contributed by atoms with van der Waals surface area (Å²) in [6, 6.07) is 0.474. The van der Waals surface area contributed by atoms with E-state index in [0.717, 1.165) is 21.7 Å². The van der Waals surface area contributed by atoms with Crippen molar-refractivity contribution < 1.29 is 0 Å². The minimum absolute atomic E-state index is 0.474. The van der Waals surface area contributed by atoms with E-state index in [-0.39, 0.29) is 0 Å². The second kappa shape index (κ2) is 4.67. The summed E-state index contributed by atoms with van der Waals surface area (Å²) in [7, 11) is 0. The highest BCUT2D eigenvalue weighted by molar-refractivity contribution is 7.71. The molecule has 2 heterocycles. The van der Waals surface area contributed by atoms with Gasteiger partial charge in [-0.05, 0) is 43.8 Å². The van der Waals surface area contributed by atoms with Crippen molar-refractivity contribution in [3.63, 3.8) is 0 Å². The van der Waals surface area contributed by atoms with Crippen LogP contribution in [0.2, 0.25) is 5.02 Å². The Labute approximate surface area is 116 Å². The van der Waals surface area contributed by atoms with Crippen LogP contribution in [0.1, 0.15) is 38.6 Å². The fourth-order valence-corrected chi connectivity index (χ4v) is 3.49. The van der Waals surface area contributed by atoms with Gasteiger partial charge < -0.3 is 9.55 Å². The number of nitrogens with zero attached hydrogens (tertiary/aromatic N) is 2. The van der Waals surface area contributed by atoms with Crippen molar-refractivity contribution >= 4 is 34.9 Å². The first-order chi connectivity index (χ1) is 8.66. The second-order valence-electron chi connectivity index (χ2n) is 5.23. The second-order valence-corrected chi connectivity index (χ2v) is 6.03. The molecule has 1 N–H and O–H groups in total. The van der Waals surface area contributed by atoms with Crippen molar-refractivity contribution in [2.75, 3.05) is 0 Å². The Kier molecular flexibility index (Phi) is 3.16. The molecule has 0 radical (unpaired) electrons. The maximum absolute atomic E-state index is 6.27. The summed E-state index contributed by atoms with van der Waals surface area (Å²) < 4.78 is 2.96. The van der Waals surface area contributed by atoms with Crippen molar-refractivity contribution in [2.45, 2.75) is 38.6 Å². The van der Waals surface area contributed by atoms with Crippen LogP contribution in [0.5, 0.6) is 0 Å². The van der Waals surface area contributed by atoms with Crippen molar-refractivity contribution in [1.82, 2.24) is 14.5 Å². The lowest BCUT2D eigenvalue weighted by molar-refractivity contribution is 0.292. The summed E-state index contributed by atoms with van der Waals surface area (Å²) in [5, 5.41) is 0.679. The van der Waals surface area contributed by atoms with Crippen molar-refractivity contribution in [2.24, 2.45) is 5.92 Å². The molecule has 1 aliphatic carbocycles. The molecule has 0 bridgehead atoms. The van der Waals surface area contributed by atoms with Crippen LogP contribution in [0.25, 0.3) is 11.0 Å². The fourth-order valence-electron chi connectivity index (χ4n) is 2.89. The standard InChI is InChI=1S/C13H16ClN3S/c1-8-2-4-9(5-3-8)17-12-10(14)6-15-7-11(12)16-13(17)18/h6-9H,2-5H2,1H3,(H,16,18). The van der Waals surface area contributed by atoms with Crippen molar-refractivity contribution in [1.29, 1.82) is 0 Å². The van der Waals surface area contributed by atoms with Crippen LogP contribution in [0.4, 0.5) is 0 Å². The average Bonchev–Trinajstić information content (AvgIpc) is 2.68. The lowest BCUT2D eigenvalue weighted by atomic mass is 9.87. The lowest BCUT2D eigenvalue weighted by Gasteiger charge is -2.27. The molecule has 5 heteroatoms. The van der Waals surface area contributed by atoms with Crippen LogP contribution in [0, 0.1) is 10.7 Å². The minimum Gasteiger partial charge on any atom is -0.329 e. The van der Waals surface area contributed by atoms with E-state index in [2.05, 4.69) is 21.5 Å². The number of rotatable bonds is 1. The lowest BCUT2D eigenvalue weighted by Crippen LogP contribution is -2.16. The minimum atomic E-state index is 0.474. The zero-order chi connectivity index (χ0) is 12.7. The Balaban J connectivity index is 2.11. The maximum Gasteiger partial charge on any atom is 0.178 e. The monoisotopic (exact) mass is 281 g/mol. The van der Waals surface area contributed by atoms with E-state index in [1.165, 1.54) is 25.7 Å². The molecule has 0 unspecified atom stereocenters. The molecule has 3 rings (SSSR count). The Hall–Kier alpha value is -0.870. The normalized spacial score (nSPS) is 24.6. The zero-order valence-corrected chi connectivity index (χ0v) is 11.9. The zero-order valence-electron chi connectivity index (χ0n) is 10.3. The fraction of sp³-hybridized carbons (Fsp3) is 0.538. The quantitative estimate of drug-likeness (QED) is 0.781. The van der Waals surface area contributed by atoms with Gasteiger partial charge in [0, 0.05) is 12.2 Å². The predicted octanol–water partition coefficient (Wildman–Crippen LogP) is 4.50. The molecule has 18 heavy (non-hydrogen) atoms. The number of imidazole rings is 1. The molecule has 2 aromatic rings. The molecule has 1 aliphatic rings. The Morgan fingerprint density at radius 1 is 1.33 bits per heavy atom. The van der Waals surface area contributed by atoms with Gasteiger partial charge in [0.05, 0.1) is 22.3 Å². The molecule has 3 nitrogen and oxygen atoms in total. The third kappa shape index (κ3) is 1.97. The van der Waals surface area contributed by atoms with E-state index in [0.29, 0.717) is 11.1 Å².